The maximum absolute atomic E-state index is 12.3. The summed E-state index contributed by atoms with van der Waals surface area (Å²) in [4.78, 5) is 14.4. The van der Waals surface area contributed by atoms with E-state index in [1.807, 2.05) is 33.2 Å². The topological polar surface area (TPSA) is 58.4 Å². The minimum Gasteiger partial charge on any atom is -0.398 e. The molecule has 1 amide bonds. The lowest BCUT2D eigenvalue weighted by Crippen LogP contribution is -2.42. The summed E-state index contributed by atoms with van der Waals surface area (Å²) < 4.78 is 0. The first kappa shape index (κ1) is 16.5. The SMILES string of the molecule is Cc1ccc(C(=O)NC(CC(C)C)CN(C)C)cc1N. The molecule has 0 aliphatic carbocycles. The molecule has 0 heterocycles. The van der Waals surface area contributed by atoms with Gasteiger partial charge >= 0.3 is 0 Å². The van der Waals surface area contributed by atoms with Crippen molar-refractivity contribution in [3.05, 3.63) is 29.3 Å². The molecular formula is C16H27N3O. The van der Waals surface area contributed by atoms with Crippen LogP contribution in [0.2, 0.25) is 0 Å². The Hall–Kier alpha value is -1.55. The fourth-order valence-electron chi connectivity index (χ4n) is 2.24. The molecule has 0 saturated carbocycles. The molecule has 0 radical (unpaired) electrons. The van der Waals surface area contributed by atoms with Crippen LogP contribution in [0.15, 0.2) is 18.2 Å². The lowest BCUT2D eigenvalue weighted by Gasteiger charge is -2.24. The van der Waals surface area contributed by atoms with E-state index in [9.17, 15) is 4.79 Å². The largest absolute Gasteiger partial charge is 0.398 e. The standard InChI is InChI=1S/C16H27N3O/c1-11(2)8-14(10-19(4)5)18-16(20)13-7-6-12(3)15(17)9-13/h6-7,9,11,14H,8,10,17H2,1-5H3,(H,18,20). The molecule has 0 aromatic heterocycles. The first-order chi connectivity index (χ1) is 9.29. The maximum Gasteiger partial charge on any atom is 0.251 e. The zero-order valence-corrected chi connectivity index (χ0v) is 13.2. The summed E-state index contributed by atoms with van der Waals surface area (Å²) in [5, 5.41) is 3.11. The van der Waals surface area contributed by atoms with Crippen LogP contribution >= 0.6 is 0 Å². The van der Waals surface area contributed by atoms with Crippen molar-refractivity contribution in [3.8, 4) is 0 Å². The third kappa shape index (κ3) is 5.21. The summed E-state index contributed by atoms with van der Waals surface area (Å²) in [6, 6.07) is 5.60. The number of hydrogen-bond acceptors (Lipinski definition) is 3. The Labute approximate surface area is 122 Å². The number of nitrogens with one attached hydrogen (secondary N) is 1. The first-order valence-corrected chi connectivity index (χ1v) is 7.11. The Morgan fingerprint density at radius 2 is 2.00 bits per heavy atom. The highest BCUT2D eigenvalue weighted by molar-refractivity contribution is 5.95. The predicted octanol–water partition coefficient (Wildman–Crippen LogP) is 2.28. The van der Waals surface area contributed by atoms with E-state index in [1.54, 1.807) is 6.07 Å². The van der Waals surface area contributed by atoms with Crippen molar-refractivity contribution in [3.63, 3.8) is 0 Å². The van der Waals surface area contributed by atoms with Gasteiger partial charge in [-0.1, -0.05) is 19.9 Å². The number of carbonyl (C=O) groups is 1. The van der Waals surface area contributed by atoms with E-state index in [4.69, 9.17) is 5.73 Å². The van der Waals surface area contributed by atoms with E-state index < -0.39 is 0 Å². The van der Waals surface area contributed by atoms with Gasteiger partial charge in [0, 0.05) is 23.8 Å². The lowest BCUT2D eigenvalue weighted by atomic mass is 10.0. The lowest BCUT2D eigenvalue weighted by molar-refractivity contribution is 0.0924. The third-order valence-electron chi connectivity index (χ3n) is 3.22. The van der Waals surface area contributed by atoms with Crippen LogP contribution in [0.5, 0.6) is 0 Å². The molecule has 4 heteroatoms. The van der Waals surface area contributed by atoms with Crippen LogP contribution < -0.4 is 11.1 Å². The number of benzene rings is 1. The monoisotopic (exact) mass is 277 g/mol. The third-order valence-corrected chi connectivity index (χ3v) is 3.22. The minimum absolute atomic E-state index is 0.0517. The average Bonchev–Trinajstić information content (AvgIpc) is 2.30. The van der Waals surface area contributed by atoms with Crippen LogP contribution in [0.1, 0.15) is 36.2 Å². The molecule has 1 rings (SSSR count). The van der Waals surface area contributed by atoms with Gasteiger partial charge in [-0.05, 0) is 51.1 Å². The molecule has 1 aromatic carbocycles. The fraction of sp³-hybridized carbons (Fsp3) is 0.562. The number of nitrogen functional groups attached to an aromatic ring is 1. The number of nitrogens with two attached hydrogens (primary N) is 1. The Bertz CT molecular complexity index is 445. The first-order valence-electron chi connectivity index (χ1n) is 7.11. The Balaban J connectivity index is 2.76. The summed E-state index contributed by atoms with van der Waals surface area (Å²) in [7, 11) is 4.03. The van der Waals surface area contributed by atoms with E-state index in [2.05, 4.69) is 24.1 Å². The van der Waals surface area contributed by atoms with Crippen molar-refractivity contribution < 1.29 is 4.79 Å². The van der Waals surface area contributed by atoms with E-state index in [0.717, 1.165) is 18.5 Å². The van der Waals surface area contributed by atoms with Crippen molar-refractivity contribution in [2.45, 2.75) is 33.2 Å². The number of amides is 1. The van der Waals surface area contributed by atoms with Gasteiger partial charge in [0.15, 0.2) is 0 Å². The fourth-order valence-corrected chi connectivity index (χ4v) is 2.24. The van der Waals surface area contributed by atoms with E-state index in [0.29, 0.717) is 17.2 Å². The Morgan fingerprint density at radius 1 is 1.35 bits per heavy atom. The second-order valence-corrected chi connectivity index (χ2v) is 6.13. The van der Waals surface area contributed by atoms with Gasteiger partial charge in [-0.15, -0.1) is 0 Å². The number of likely N-dealkylation sites (N-methyl/N-ethyl adjacent to an activating group) is 1. The molecule has 0 aliphatic heterocycles. The van der Waals surface area contributed by atoms with Gasteiger partial charge in [-0.2, -0.15) is 0 Å². The molecule has 4 nitrogen and oxygen atoms in total. The van der Waals surface area contributed by atoms with E-state index in [1.165, 1.54) is 0 Å². The van der Waals surface area contributed by atoms with Crippen LogP contribution in [0.25, 0.3) is 0 Å². The van der Waals surface area contributed by atoms with Crippen LogP contribution in [0.4, 0.5) is 5.69 Å². The van der Waals surface area contributed by atoms with Crippen LogP contribution in [0, 0.1) is 12.8 Å². The quantitative estimate of drug-likeness (QED) is 0.784. The van der Waals surface area contributed by atoms with Crippen molar-refractivity contribution in [2.75, 3.05) is 26.4 Å². The highest BCUT2D eigenvalue weighted by Crippen LogP contribution is 2.13. The number of rotatable bonds is 6. The number of nitrogens with zero attached hydrogens (tertiary/aromatic N) is 1. The van der Waals surface area contributed by atoms with E-state index >= 15 is 0 Å². The summed E-state index contributed by atoms with van der Waals surface area (Å²) >= 11 is 0. The molecule has 1 atom stereocenters. The molecule has 0 aliphatic rings. The number of aryl methyl sites for hydroxylation is 1. The number of carbonyl (C=O) groups excluding carboxylic acids is 1. The molecular weight excluding hydrogens is 250 g/mol. The van der Waals surface area contributed by atoms with Crippen LogP contribution in [-0.2, 0) is 0 Å². The number of hydrogen-bond donors (Lipinski definition) is 2. The predicted molar refractivity (Wildman–Crippen MR) is 84.9 cm³/mol. The normalized spacial score (nSPS) is 12.8. The molecule has 0 bridgehead atoms. The number of anilines is 1. The maximum atomic E-state index is 12.3. The van der Waals surface area contributed by atoms with Gasteiger partial charge in [0.05, 0.1) is 0 Å². The molecule has 0 saturated heterocycles. The second kappa shape index (κ2) is 7.29. The Kier molecular flexibility index (Phi) is 6.02. The smallest absolute Gasteiger partial charge is 0.251 e. The summed E-state index contributed by atoms with van der Waals surface area (Å²) in [6.07, 6.45) is 0.964. The molecule has 3 N–H and O–H groups in total. The summed E-state index contributed by atoms with van der Waals surface area (Å²) in [5.74, 6) is 0.493. The highest BCUT2D eigenvalue weighted by atomic mass is 16.1. The molecule has 112 valence electrons. The zero-order chi connectivity index (χ0) is 15.3. The van der Waals surface area contributed by atoms with Crippen molar-refractivity contribution in [1.82, 2.24) is 10.2 Å². The molecule has 1 unspecified atom stereocenters. The second-order valence-electron chi connectivity index (χ2n) is 6.13. The van der Waals surface area contributed by atoms with Crippen molar-refractivity contribution in [2.24, 2.45) is 5.92 Å². The molecule has 1 aromatic rings. The van der Waals surface area contributed by atoms with Gasteiger partial charge in [0.25, 0.3) is 5.91 Å². The zero-order valence-electron chi connectivity index (χ0n) is 13.2. The van der Waals surface area contributed by atoms with Gasteiger partial charge in [0.1, 0.15) is 0 Å². The highest BCUT2D eigenvalue weighted by Gasteiger charge is 2.16. The van der Waals surface area contributed by atoms with Gasteiger partial charge < -0.3 is 16.0 Å². The van der Waals surface area contributed by atoms with Gasteiger partial charge in [-0.25, -0.2) is 0 Å². The van der Waals surface area contributed by atoms with Crippen molar-refractivity contribution in [1.29, 1.82) is 0 Å². The minimum atomic E-state index is -0.0517. The van der Waals surface area contributed by atoms with Gasteiger partial charge in [0.2, 0.25) is 0 Å². The molecule has 0 fully saturated rings. The van der Waals surface area contributed by atoms with Crippen LogP contribution in [0.3, 0.4) is 0 Å². The van der Waals surface area contributed by atoms with E-state index in [-0.39, 0.29) is 11.9 Å². The Morgan fingerprint density at radius 3 is 2.50 bits per heavy atom. The van der Waals surface area contributed by atoms with Crippen LogP contribution in [-0.4, -0.2) is 37.5 Å². The summed E-state index contributed by atoms with van der Waals surface area (Å²) in [6.45, 7) is 7.10. The average molecular weight is 277 g/mol. The molecule has 20 heavy (non-hydrogen) atoms. The summed E-state index contributed by atoms with van der Waals surface area (Å²) in [5.41, 5.74) is 8.14. The van der Waals surface area contributed by atoms with Crippen molar-refractivity contribution >= 4 is 11.6 Å². The molecule has 0 spiro atoms. The van der Waals surface area contributed by atoms with Gasteiger partial charge in [-0.3, -0.25) is 4.79 Å².